The standard InChI is InChI=1S/C16H15ClN4O/c1-21-15-4-2-3-14(13(15)10-19-21)20-16(22)18-9-11-5-7-12(17)8-6-11/h2-8,10H,9H2,1H3,(H2,18,20,22). The summed E-state index contributed by atoms with van der Waals surface area (Å²) < 4.78 is 1.77. The Morgan fingerprint density at radius 2 is 2.00 bits per heavy atom. The highest BCUT2D eigenvalue weighted by Gasteiger charge is 2.08. The molecule has 22 heavy (non-hydrogen) atoms. The van der Waals surface area contributed by atoms with Gasteiger partial charge in [0.15, 0.2) is 0 Å². The summed E-state index contributed by atoms with van der Waals surface area (Å²) in [5, 5.41) is 11.5. The van der Waals surface area contributed by atoms with Crippen LogP contribution in [-0.4, -0.2) is 15.8 Å². The van der Waals surface area contributed by atoms with E-state index in [1.807, 2.05) is 37.4 Å². The van der Waals surface area contributed by atoms with Crippen LogP contribution in [0.25, 0.3) is 10.9 Å². The molecule has 0 saturated heterocycles. The van der Waals surface area contributed by atoms with Crippen molar-refractivity contribution in [2.75, 3.05) is 5.32 Å². The van der Waals surface area contributed by atoms with Gasteiger partial charge < -0.3 is 10.6 Å². The number of nitrogens with zero attached hydrogens (tertiary/aromatic N) is 2. The number of fused-ring (bicyclic) bond motifs is 1. The summed E-state index contributed by atoms with van der Waals surface area (Å²) in [6, 6.07) is 12.8. The van der Waals surface area contributed by atoms with E-state index in [-0.39, 0.29) is 6.03 Å². The van der Waals surface area contributed by atoms with Gasteiger partial charge in [-0.15, -0.1) is 0 Å². The fraction of sp³-hybridized carbons (Fsp3) is 0.125. The number of carbonyl (C=O) groups is 1. The number of amides is 2. The SMILES string of the molecule is Cn1ncc2c(NC(=O)NCc3ccc(Cl)cc3)cccc21. The average Bonchev–Trinajstić information content (AvgIpc) is 2.90. The minimum Gasteiger partial charge on any atom is -0.334 e. The highest BCUT2D eigenvalue weighted by atomic mass is 35.5. The molecule has 1 aromatic heterocycles. The summed E-state index contributed by atoms with van der Waals surface area (Å²) in [6.45, 7) is 0.437. The lowest BCUT2D eigenvalue weighted by atomic mass is 10.2. The molecule has 0 aliphatic rings. The lowest BCUT2D eigenvalue weighted by Crippen LogP contribution is -2.28. The number of rotatable bonds is 3. The van der Waals surface area contributed by atoms with Gasteiger partial charge >= 0.3 is 6.03 Å². The monoisotopic (exact) mass is 314 g/mol. The highest BCUT2D eigenvalue weighted by Crippen LogP contribution is 2.22. The van der Waals surface area contributed by atoms with Crippen molar-refractivity contribution in [1.29, 1.82) is 0 Å². The van der Waals surface area contributed by atoms with Crippen LogP contribution in [-0.2, 0) is 13.6 Å². The number of urea groups is 1. The van der Waals surface area contributed by atoms with E-state index in [4.69, 9.17) is 11.6 Å². The zero-order chi connectivity index (χ0) is 15.5. The van der Waals surface area contributed by atoms with Crippen LogP contribution in [0.3, 0.4) is 0 Å². The molecular weight excluding hydrogens is 300 g/mol. The molecule has 0 aliphatic heterocycles. The summed E-state index contributed by atoms with van der Waals surface area (Å²) in [6.07, 6.45) is 1.74. The first-order valence-corrected chi connectivity index (χ1v) is 7.21. The molecule has 0 atom stereocenters. The molecule has 3 rings (SSSR count). The average molecular weight is 315 g/mol. The van der Waals surface area contributed by atoms with Crippen molar-refractivity contribution in [2.24, 2.45) is 7.05 Å². The first-order chi connectivity index (χ1) is 10.6. The number of anilines is 1. The molecule has 1 heterocycles. The predicted molar refractivity (Wildman–Crippen MR) is 88.0 cm³/mol. The first-order valence-electron chi connectivity index (χ1n) is 6.83. The third-order valence-corrected chi connectivity index (χ3v) is 3.66. The molecule has 0 radical (unpaired) electrons. The van der Waals surface area contributed by atoms with Gasteiger partial charge in [0.05, 0.1) is 17.4 Å². The van der Waals surface area contributed by atoms with Crippen LogP contribution in [0.1, 0.15) is 5.56 Å². The topological polar surface area (TPSA) is 59.0 Å². The number of halogens is 1. The van der Waals surface area contributed by atoms with Gasteiger partial charge in [0.2, 0.25) is 0 Å². The van der Waals surface area contributed by atoms with Crippen molar-refractivity contribution in [3.8, 4) is 0 Å². The van der Waals surface area contributed by atoms with E-state index in [0.29, 0.717) is 11.6 Å². The molecular formula is C16H15ClN4O. The summed E-state index contributed by atoms with van der Waals surface area (Å²) >= 11 is 5.83. The normalized spacial score (nSPS) is 10.6. The summed E-state index contributed by atoms with van der Waals surface area (Å²) in [7, 11) is 1.87. The highest BCUT2D eigenvalue weighted by molar-refractivity contribution is 6.30. The maximum Gasteiger partial charge on any atom is 0.319 e. The van der Waals surface area contributed by atoms with Crippen molar-refractivity contribution < 1.29 is 4.79 Å². The molecule has 2 amide bonds. The Balaban J connectivity index is 1.67. The Labute approximate surface area is 132 Å². The number of hydrogen-bond donors (Lipinski definition) is 2. The molecule has 3 aromatic rings. The molecule has 0 fully saturated rings. The fourth-order valence-electron chi connectivity index (χ4n) is 2.24. The smallest absolute Gasteiger partial charge is 0.319 e. The number of nitrogens with one attached hydrogen (secondary N) is 2. The number of aryl methyl sites for hydroxylation is 1. The number of hydrogen-bond acceptors (Lipinski definition) is 2. The van der Waals surface area contributed by atoms with Crippen LogP contribution in [0, 0.1) is 0 Å². The maximum atomic E-state index is 12.0. The molecule has 0 spiro atoms. The van der Waals surface area contributed by atoms with E-state index in [1.165, 1.54) is 0 Å². The fourth-order valence-corrected chi connectivity index (χ4v) is 2.36. The Kier molecular flexibility index (Phi) is 3.98. The second-order valence-corrected chi connectivity index (χ2v) is 5.38. The minimum absolute atomic E-state index is 0.258. The maximum absolute atomic E-state index is 12.0. The van der Waals surface area contributed by atoms with Crippen molar-refractivity contribution in [1.82, 2.24) is 15.1 Å². The van der Waals surface area contributed by atoms with E-state index in [0.717, 1.165) is 22.2 Å². The molecule has 2 aromatic carbocycles. The molecule has 5 nitrogen and oxygen atoms in total. The van der Waals surface area contributed by atoms with Crippen LogP contribution in [0.4, 0.5) is 10.5 Å². The van der Waals surface area contributed by atoms with Gasteiger partial charge in [-0.2, -0.15) is 5.10 Å². The van der Waals surface area contributed by atoms with Crippen LogP contribution in [0.2, 0.25) is 5.02 Å². The molecule has 2 N–H and O–H groups in total. The van der Waals surface area contributed by atoms with Gasteiger partial charge in [0.1, 0.15) is 0 Å². The van der Waals surface area contributed by atoms with Crippen LogP contribution in [0.5, 0.6) is 0 Å². The summed E-state index contributed by atoms with van der Waals surface area (Å²) in [5.41, 5.74) is 2.69. The lowest BCUT2D eigenvalue weighted by Gasteiger charge is -2.09. The van der Waals surface area contributed by atoms with Crippen molar-refractivity contribution in [2.45, 2.75) is 6.54 Å². The first kappa shape index (κ1) is 14.4. The Morgan fingerprint density at radius 1 is 1.23 bits per heavy atom. The van der Waals surface area contributed by atoms with E-state index in [2.05, 4.69) is 15.7 Å². The van der Waals surface area contributed by atoms with Crippen LogP contribution < -0.4 is 10.6 Å². The second kappa shape index (κ2) is 6.07. The molecule has 0 bridgehead atoms. The van der Waals surface area contributed by atoms with Gasteiger partial charge in [-0.25, -0.2) is 4.79 Å². The van der Waals surface area contributed by atoms with Crippen molar-refractivity contribution >= 4 is 34.2 Å². The lowest BCUT2D eigenvalue weighted by molar-refractivity contribution is 0.252. The van der Waals surface area contributed by atoms with Crippen molar-refractivity contribution in [3.05, 3.63) is 59.2 Å². The minimum atomic E-state index is -0.258. The number of aromatic nitrogens is 2. The predicted octanol–water partition coefficient (Wildman–Crippen LogP) is 3.55. The van der Waals surface area contributed by atoms with Crippen molar-refractivity contribution in [3.63, 3.8) is 0 Å². The van der Waals surface area contributed by atoms with Gasteiger partial charge in [-0.1, -0.05) is 29.8 Å². The van der Waals surface area contributed by atoms with Gasteiger partial charge in [0.25, 0.3) is 0 Å². The third kappa shape index (κ3) is 3.04. The molecule has 112 valence electrons. The molecule has 0 saturated carbocycles. The zero-order valence-corrected chi connectivity index (χ0v) is 12.8. The Morgan fingerprint density at radius 3 is 2.77 bits per heavy atom. The van der Waals surface area contributed by atoms with E-state index in [9.17, 15) is 4.79 Å². The summed E-state index contributed by atoms with van der Waals surface area (Å²) in [5.74, 6) is 0. The van der Waals surface area contributed by atoms with Gasteiger partial charge in [0, 0.05) is 24.0 Å². The Bertz CT molecular complexity index is 811. The van der Waals surface area contributed by atoms with E-state index in [1.54, 1.807) is 23.0 Å². The largest absolute Gasteiger partial charge is 0.334 e. The number of carbonyl (C=O) groups excluding carboxylic acids is 1. The van der Waals surface area contributed by atoms with Crippen LogP contribution in [0.15, 0.2) is 48.7 Å². The Hall–Kier alpha value is -2.53. The van der Waals surface area contributed by atoms with Gasteiger partial charge in [-0.3, -0.25) is 4.68 Å². The van der Waals surface area contributed by atoms with Crippen LogP contribution >= 0.6 is 11.6 Å². The zero-order valence-electron chi connectivity index (χ0n) is 12.0. The molecule has 6 heteroatoms. The third-order valence-electron chi connectivity index (χ3n) is 3.41. The van der Waals surface area contributed by atoms with E-state index < -0.39 is 0 Å². The molecule has 0 aliphatic carbocycles. The molecule has 0 unspecified atom stereocenters. The quantitative estimate of drug-likeness (QED) is 0.776. The van der Waals surface area contributed by atoms with E-state index >= 15 is 0 Å². The number of benzene rings is 2. The summed E-state index contributed by atoms with van der Waals surface area (Å²) in [4.78, 5) is 12.0. The second-order valence-electron chi connectivity index (χ2n) is 4.94. The van der Waals surface area contributed by atoms with Gasteiger partial charge in [-0.05, 0) is 29.8 Å².